The van der Waals surface area contributed by atoms with Crippen molar-refractivity contribution in [3.8, 4) is 0 Å². The number of allylic oxidation sites excluding steroid dienone is 12. The Labute approximate surface area is 365 Å². The number of hydrogen-bond acceptors (Lipinski definition) is 12. The molecule has 14 heteroatoms. The van der Waals surface area contributed by atoms with Crippen molar-refractivity contribution in [2.24, 2.45) is 0 Å². The maximum Gasteiger partial charge on any atom is 0.472 e. The van der Waals surface area contributed by atoms with Gasteiger partial charge in [0.15, 0.2) is 6.10 Å². The van der Waals surface area contributed by atoms with E-state index in [-0.39, 0.29) is 12.8 Å². The molecule has 0 amide bonds. The molecule has 1 rings (SSSR count). The molecular formula is C47H79O13P. The van der Waals surface area contributed by atoms with Crippen molar-refractivity contribution in [2.75, 3.05) is 13.2 Å². The second kappa shape index (κ2) is 36.7. The molecule has 61 heavy (non-hydrogen) atoms. The smallest absolute Gasteiger partial charge is 0.462 e. The van der Waals surface area contributed by atoms with Crippen molar-refractivity contribution in [2.45, 2.75) is 198 Å². The molecule has 0 heterocycles. The van der Waals surface area contributed by atoms with E-state index in [4.69, 9.17) is 18.5 Å². The third kappa shape index (κ3) is 29.3. The Hall–Kier alpha value is -2.71. The Kier molecular flexibility index (Phi) is 33.9. The molecule has 1 aliphatic rings. The lowest BCUT2D eigenvalue weighted by atomic mass is 9.85. The molecule has 0 bridgehead atoms. The minimum absolute atomic E-state index is 0.0735. The average Bonchev–Trinajstić information content (AvgIpc) is 3.24. The first-order valence-corrected chi connectivity index (χ1v) is 24.2. The van der Waals surface area contributed by atoms with Crippen LogP contribution in [0.25, 0.3) is 0 Å². The summed E-state index contributed by atoms with van der Waals surface area (Å²) in [5, 5.41) is 50.1. The van der Waals surface area contributed by atoms with Crippen LogP contribution in [0.2, 0.25) is 0 Å². The maximum absolute atomic E-state index is 12.8. The molecule has 1 saturated carbocycles. The highest BCUT2D eigenvalue weighted by Gasteiger charge is 2.51. The predicted octanol–water partition coefficient (Wildman–Crippen LogP) is 8.72. The molecule has 0 aromatic heterocycles. The van der Waals surface area contributed by atoms with Crippen LogP contribution < -0.4 is 0 Å². The zero-order valence-corrected chi connectivity index (χ0v) is 37.8. The van der Waals surface area contributed by atoms with E-state index in [0.29, 0.717) is 12.8 Å². The summed E-state index contributed by atoms with van der Waals surface area (Å²) in [6.45, 7) is 3.08. The van der Waals surface area contributed by atoms with Crippen molar-refractivity contribution in [3.05, 3.63) is 72.9 Å². The lowest BCUT2D eigenvalue weighted by Gasteiger charge is -2.41. The molecule has 0 saturated heterocycles. The summed E-state index contributed by atoms with van der Waals surface area (Å²) in [6, 6.07) is 0. The standard InChI is InChI=1S/C47H79O13P/c1-3-5-7-9-11-13-15-17-18-19-20-21-22-24-26-28-30-32-34-36-41(49)59-39(38-58-61(55,56)60-47-45(53)43(51)42(50)44(52)46(47)54)37-57-40(48)35-33-31-29-27-25-23-16-14-12-10-8-6-4-2/h5,7-8,10-11,13-14,16-18,20-21,39,42-47,50-54H,3-4,6,9,12,15,19,22-38H2,1-2H3,(H,55,56)/b7-5-,10-8-,13-11-,16-14-,18-17-,21-20-. The zero-order chi connectivity index (χ0) is 45.0. The quantitative estimate of drug-likeness (QED) is 0.0151. The Morgan fingerprint density at radius 2 is 0.934 bits per heavy atom. The van der Waals surface area contributed by atoms with Gasteiger partial charge in [0.2, 0.25) is 0 Å². The van der Waals surface area contributed by atoms with Crippen LogP contribution >= 0.6 is 7.82 Å². The molecule has 0 aromatic carbocycles. The lowest BCUT2D eigenvalue weighted by molar-refractivity contribution is -0.220. The van der Waals surface area contributed by atoms with Crippen LogP contribution in [0.5, 0.6) is 0 Å². The fraction of sp³-hybridized carbons (Fsp3) is 0.702. The summed E-state index contributed by atoms with van der Waals surface area (Å²) in [7, 11) is -5.13. The van der Waals surface area contributed by atoms with Crippen LogP contribution in [0.3, 0.4) is 0 Å². The molecule has 6 unspecified atom stereocenters. The van der Waals surface area contributed by atoms with E-state index in [9.17, 15) is 44.6 Å². The minimum atomic E-state index is -5.13. The monoisotopic (exact) mass is 883 g/mol. The number of phosphoric acid groups is 1. The van der Waals surface area contributed by atoms with Crippen LogP contribution in [0.15, 0.2) is 72.9 Å². The van der Waals surface area contributed by atoms with Gasteiger partial charge >= 0.3 is 19.8 Å². The largest absolute Gasteiger partial charge is 0.472 e. The minimum Gasteiger partial charge on any atom is -0.462 e. The highest BCUT2D eigenvalue weighted by atomic mass is 31.2. The predicted molar refractivity (Wildman–Crippen MR) is 239 cm³/mol. The van der Waals surface area contributed by atoms with Crippen LogP contribution in [0.1, 0.15) is 155 Å². The molecule has 0 spiro atoms. The normalized spacial score (nSPS) is 22.7. The van der Waals surface area contributed by atoms with Gasteiger partial charge in [-0.25, -0.2) is 4.57 Å². The highest BCUT2D eigenvalue weighted by molar-refractivity contribution is 7.47. The number of unbranched alkanes of at least 4 members (excludes halogenated alkanes) is 12. The number of ether oxygens (including phenoxy) is 2. The fourth-order valence-electron chi connectivity index (χ4n) is 6.37. The first-order chi connectivity index (χ1) is 29.4. The molecule has 6 N–H and O–H groups in total. The lowest BCUT2D eigenvalue weighted by Crippen LogP contribution is -2.64. The van der Waals surface area contributed by atoms with Gasteiger partial charge in [0.25, 0.3) is 0 Å². The number of hydrogen-bond donors (Lipinski definition) is 6. The van der Waals surface area contributed by atoms with Gasteiger partial charge < -0.3 is 39.9 Å². The summed E-state index contributed by atoms with van der Waals surface area (Å²) in [5.74, 6) is -1.14. The summed E-state index contributed by atoms with van der Waals surface area (Å²) < 4.78 is 33.5. The van der Waals surface area contributed by atoms with E-state index >= 15 is 0 Å². The van der Waals surface area contributed by atoms with Gasteiger partial charge in [-0.2, -0.15) is 0 Å². The topological polar surface area (TPSA) is 210 Å². The number of carbonyl (C=O) groups excluding carboxylic acids is 2. The van der Waals surface area contributed by atoms with Crippen LogP contribution in [-0.4, -0.2) is 98.3 Å². The third-order valence-corrected chi connectivity index (χ3v) is 11.0. The second-order valence-electron chi connectivity index (χ2n) is 15.5. The van der Waals surface area contributed by atoms with E-state index in [2.05, 4.69) is 86.8 Å². The van der Waals surface area contributed by atoms with Gasteiger partial charge in [0.05, 0.1) is 6.61 Å². The number of phosphoric ester groups is 1. The molecular weight excluding hydrogens is 803 g/mol. The van der Waals surface area contributed by atoms with E-state index in [0.717, 1.165) is 116 Å². The van der Waals surface area contributed by atoms with Gasteiger partial charge in [-0.15, -0.1) is 0 Å². The number of rotatable bonds is 36. The Morgan fingerprint density at radius 1 is 0.525 bits per heavy atom. The molecule has 0 radical (unpaired) electrons. The number of aliphatic hydroxyl groups excluding tert-OH is 5. The number of esters is 2. The molecule has 0 aliphatic heterocycles. The molecule has 1 fully saturated rings. The highest BCUT2D eigenvalue weighted by Crippen LogP contribution is 2.47. The Balaban J connectivity index is 2.48. The second-order valence-corrected chi connectivity index (χ2v) is 16.9. The molecule has 350 valence electrons. The molecule has 6 atom stereocenters. The first kappa shape index (κ1) is 56.3. The summed E-state index contributed by atoms with van der Waals surface area (Å²) >= 11 is 0. The first-order valence-electron chi connectivity index (χ1n) is 22.7. The number of aliphatic hydroxyl groups is 5. The molecule has 1 aliphatic carbocycles. The summed E-state index contributed by atoms with van der Waals surface area (Å²) in [6.07, 6.45) is 32.4. The van der Waals surface area contributed by atoms with Gasteiger partial charge in [0.1, 0.15) is 43.2 Å². The molecule has 13 nitrogen and oxygen atoms in total. The number of carbonyl (C=O) groups is 2. The van der Waals surface area contributed by atoms with Crippen molar-refractivity contribution in [1.82, 2.24) is 0 Å². The van der Waals surface area contributed by atoms with E-state index in [1.165, 1.54) is 0 Å². The third-order valence-electron chi connectivity index (χ3n) is 10.0. The SMILES string of the molecule is CC/C=C\C/C=C\C/C=C\C/C=C\CCCCCCCCC(=O)OC(COC(=O)CCCCCCC/C=C\C/C=C\CCC)COP(=O)(O)OC1C(O)C(O)C(O)C(O)C1O. The summed E-state index contributed by atoms with van der Waals surface area (Å²) in [5.41, 5.74) is 0. The van der Waals surface area contributed by atoms with Gasteiger partial charge in [-0.1, -0.05) is 138 Å². The van der Waals surface area contributed by atoms with Crippen molar-refractivity contribution in [3.63, 3.8) is 0 Å². The molecule has 0 aromatic rings. The van der Waals surface area contributed by atoms with Crippen LogP contribution in [0.4, 0.5) is 0 Å². The zero-order valence-electron chi connectivity index (χ0n) is 36.9. The van der Waals surface area contributed by atoms with Crippen LogP contribution in [0, 0.1) is 0 Å². The maximum atomic E-state index is 12.8. The Morgan fingerprint density at radius 3 is 1.43 bits per heavy atom. The van der Waals surface area contributed by atoms with Gasteiger partial charge in [-0.3, -0.25) is 18.6 Å². The van der Waals surface area contributed by atoms with Crippen LogP contribution in [-0.2, 0) is 32.7 Å². The van der Waals surface area contributed by atoms with Crippen molar-refractivity contribution >= 4 is 19.8 Å². The van der Waals surface area contributed by atoms with Gasteiger partial charge in [-0.05, 0) is 77.0 Å². The van der Waals surface area contributed by atoms with E-state index < -0.39 is 75.7 Å². The Bertz CT molecular complexity index is 1340. The van der Waals surface area contributed by atoms with E-state index in [1.807, 2.05) is 0 Å². The van der Waals surface area contributed by atoms with Gasteiger partial charge in [0, 0.05) is 12.8 Å². The van der Waals surface area contributed by atoms with Crippen molar-refractivity contribution < 1.29 is 63.1 Å². The van der Waals surface area contributed by atoms with E-state index in [1.54, 1.807) is 0 Å². The average molecular weight is 883 g/mol. The fourth-order valence-corrected chi connectivity index (χ4v) is 7.35. The summed E-state index contributed by atoms with van der Waals surface area (Å²) in [4.78, 5) is 35.7. The van der Waals surface area contributed by atoms with Crippen molar-refractivity contribution in [1.29, 1.82) is 0 Å².